The highest BCUT2D eigenvalue weighted by molar-refractivity contribution is 14.1. The van der Waals surface area contributed by atoms with Crippen molar-refractivity contribution in [3.8, 4) is 0 Å². The molecule has 0 bridgehead atoms. The summed E-state index contributed by atoms with van der Waals surface area (Å²) in [7, 11) is 0. The number of hydrogen-bond acceptors (Lipinski definition) is 2. The van der Waals surface area contributed by atoms with E-state index in [0.717, 1.165) is 17.3 Å². The second kappa shape index (κ2) is 8.30. The topological polar surface area (TPSA) is 26.3 Å². The molecule has 0 heterocycles. The van der Waals surface area contributed by atoms with Gasteiger partial charge in [-0.3, -0.25) is 4.79 Å². The fourth-order valence-electron chi connectivity index (χ4n) is 0.687. The van der Waals surface area contributed by atoms with Crippen molar-refractivity contribution < 1.29 is 9.53 Å². The summed E-state index contributed by atoms with van der Waals surface area (Å²) < 4.78 is 5.79. The van der Waals surface area contributed by atoms with Gasteiger partial charge in [0.1, 0.15) is 0 Å². The van der Waals surface area contributed by atoms with Gasteiger partial charge in [0.15, 0.2) is 0 Å². The molecular formula is C8H15IO2. The third kappa shape index (κ3) is 8.10. The molecule has 0 aromatic heterocycles. The Bertz CT molecular complexity index is 104. The zero-order valence-electron chi connectivity index (χ0n) is 6.94. The van der Waals surface area contributed by atoms with Gasteiger partial charge in [-0.2, -0.15) is 0 Å². The van der Waals surface area contributed by atoms with Gasteiger partial charge in [-0.1, -0.05) is 42.4 Å². The first-order valence-corrected chi connectivity index (χ1v) is 5.55. The van der Waals surface area contributed by atoms with Crippen LogP contribution >= 0.6 is 22.6 Å². The normalized spacial score (nSPS) is 9.64. The predicted molar refractivity (Wildman–Crippen MR) is 54.0 cm³/mol. The molecule has 0 atom stereocenters. The average Bonchev–Trinajstić information content (AvgIpc) is 1.99. The molecule has 3 heteroatoms. The van der Waals surface area contributed by atoms with E-state index >= 15 is 0 Å². The summed E-state index contributed by atoms with van der Waals surface area (Å²) >= 11 is 2.17. The molecule has 0 rings (SSSR count). The third-order valence-electron chi connectivity index (χ3n) is 1.31. The smallest absolute Gasteiger partial charge is 0.306 e. The SMILES string of the molecule is CCCCCOC(=O)CCI. The van der Waals surface area contributed by atoms with E-state index in [1.807, 2.05) is 0 Å². The molecule has 0 aliphatic rings. The van der Waals surface area contributed by atoms with Crippen LogP contribution in [-0.2, 0) is 9.53 Å². The largest absolute Gasteiger partial charge is 0.466 e. The Balaban J connectivity index is 3.04. The fraction of sp³-hybridized carbons (Fsp3) is 0.875. The molecule has 66 valence electrons. The number of rotatable bonds is 6. The quantitative estimate of drug-likeness (QED) is 0.321. The lowest BCUT2D eigenvalue weighted by atomic mass is 10.3. The molecule has 0 N–H and O–H groups in total. The monoisotopic (exact) mass is 270 g/mol. The first-order valence-electron chi connectivity index (χ1n) is 4.02. The van der Waals surface area contributed by atoms with E-state index in [1.165, 1.54) is 6.42 Å². The van der Waals surface area contributed by atoms with Gasteiger partial charge >= 0.3 is 5.97 Å². The van der Waals surface area contributed by atoms with Crippen LogP contribution < -0.4 is 0 Å². The lowest BCUT2D eigenvalue weighted by Gasteiger charge is -2.01. The summed E-state index contributed by atoms with van der Waals surface area (Å²) in [4.78, 5) is 10.8. The summed E-state index contributed by atoms with van der Waals surface area (Å²) in [5, 5.41) is 0. The minimum atomic E-state index is -0.0597. The van der Waals surface area contributed by atoms with Crippen LogP contribution in [0.1, 0.15) is 32.6 Å². The first-order chi connectivity index (χ1) is 5.31. The molecule has 0 unspecified atom stereocenters. The Morgan fingerprint density at radius 2 is 2.18 bits per heavy atom. The Morgan fingerprint density at radius 1 is 1.45 bits per heavy atom. The number of hydrogen-bond donors (Lipinski definition) is 0. The summed E-state index contributed by atoms with van der Waals surface area (Å²) in [5.74, 6) is -0.0597. The van der Waals surface area contributed by atoms with Crippen molar-refractivity contribution in [2.45, 2.75) is 32.6 Å². The lowest BCUT2D eigenvalue weighted by molar-refractivity contribution is -0.143. The average molecular weight is 270 g/mol. The molecule has 0 radical (unpaired) electrons. The molecule has 11 heavy (non-hydrogen) atoms. The van der Waals surface area contributed by atoms with Crippen LogP contribution in [0.3, 0.4) is 0 Å². The van der Waals surface area contributed by atoms with E-state index in [1.54, 1.807) is 0 Å². The van der Waals surface area contributed by atoms with Crippen molar-refractivity contribution in [3.63, 3.8) is 0 Å². The fourth-order valence-corrected chi connectivity index (χ4v) is 1.13. The van der Waals surface area contributed by atoms with E-state index in [0.29, 0.717) is 13.0 Å². The van der Waals surface area contributed by atoms with Crippen LogP contribution in [0.4, 0.5) is 0 Å². The van der Waals surface area contributed by atoms with Gasteiger partial charge in [-0.15, -0.1) is 0 Å². The van der Waals surface area contributed by atoms with Crippen LogP contribution in [0.5, 0.6) is 0 Å². The lowest BCUT2D eigenvalue weighted by Crippen LogP contribution is -2.05. The third-order valence-corrected chi connectivity index (χ3v) is 1.85. The highest BCUT2D eigenvalue weighted by atomic mass is 127. The maximum absolute atomic E-state index is 10.8. The van der Waals surface area contributed by atoms with Gasteiger partial charge in [-0.05, 0) is 6.42 Å². The highest BCUT2D eigenvalue weighted by Gasteiger charge is 1.98. The molecule has 0 aromatic rings. The molecule has 2 nitrogen and oxygen atoms in total. The second-order valence-corrected chi connectivity index (χ2v) is 3.45. The Hall–Kier alpha value is 0.200. The van der Waals surface area contributed by atoms with E-state index in [2.05, 4.69) is 29.5 Å². The van der Waals surface area contributed by atoms with Crippen molar-refractivity contribution >= 4 is 28.6 Å². The molecule has 0 spiro atoms. The zero-order chi connectivity index (χ0) is 8.53. The van der Waals surface area contributed by atoms with Crippen LogP contribution in [-0.4, -0.2) is 17.0 Å². The van der Waals surface area contributed by atoms with Gasteiger partial charge < -0.3 is 4.74 Å². The minimum Gasteiger partial charge on any atom is -0.466 e. The molecule has 0 fully saturated rings. The van der Waals surface area contributed by atoms with E-state index in [-0.39, 0.29) is 5.97 Å². The van der Waals surface area contributed by atoms with Gasteiger partial charge in [0, 0.05) is 4.43 Å². The summed E-state index contributed by atoms with van der Waals surface area (Å²) in [5.41, 5.74) is 0. The Kier molecular flexibility index (Phi) is 8.45. The standard InChI is InChI=1S/C8H15IO2/c1-2-3-4-7-11-8(10)5-6-9/h2-7H2,1H3. The van der Waals surface area contributed by atoms with E-state index < -0.39 is 0 Å². The maximum Gasteiger partial charge on any atom is 0.306 e. The van der Waals surface area contributed by atoms with Crippen molar-refractivity contribution in [1.82, 2.24) is 0 Å². The van der Waals surface area contributed by atoms with Gasteiger partial charge in [0.05, 0.1) is 13.0 Å². The number of carbonyl (C=O) groups excluding carboxylic acids is 1. The van der Waals surface area contributed by atoms with Gasteiger partial charge in [0.2, 0.25) is 0 Å². The molecule has 0 saturated heterocycles. The Labute approximate surface area is 81.8 Å². The van der Waals surface area contributed by atoms with Crippen LogP contribution in [0.15, 0.2) is 0 Å². The second-order valence-electron chi connectivity index (χ2n) is 2.37. The van der Waals surface area contributed by atoms with E-state index in [9.17, 15) is 4.79 Å². The summed E-state index contributed by atoms with van der Waals surface area (Å²) in [6, 6.07) is 0. The number of esters is 1. The molecule has 0 aliphatic heterocycles. The van der Waals surface area contributed by atoms with Crippen molar-refractivity contribution in [2.24, 2.45) is 0 Å². The molecular weight excluding hydrogens is 255 g/mol. The van der Waals surface area contributed by atoms with Crippen molar-refractivity contribution in [3.05, 3.63) is 0 Å². The van der Waals surface area contributed by atoms with Crippen molar-refractivity contribution in [1.29, 1.82) is 0 Å². The van der Waals surface area contributed by atoms with Gasteiger partial charge in [0.25, 0.3) is 0 Å². The van der Waals surface area contributed by atoms with Crippen LogP contribution in [0.2, 0.25) is 0 Å². The van der Waals surface area contributed by atoms with Crippen LogP contribution in [0, 0.1) is 0 Å². The molecule has 0 amide bonds. The number of carbonyl (C=O) groups is 1. The van der Waals surface area contributed by atoms with Crippen LogP contribution in [0.25, 0.3) is 0 Å². The molecule has 0 aromatic carbocycles. The summed E-state index contributed by atoms with van der Waals surface area (Å²) in [6.45, 7) is 2.73. The zero-order valence-corrected chi connectivity index (χ0v) is 9.09. The van der Waals surface area contributed by atoms with Gasteiger partial charge in [-0.25, -0.2) is 0 Å². The summed E-state index contributed by atoms with van der Waals surface area (Å²) in [6.07, 6.45) is 3.87. The minimum absolute atomic E-state index is 0.0597. The first kappa shape index (κ1) is 11.2. The Morgan fingerprint density at radius 3 is 2.73 bits per heavy atom. The predicted octanol–water partition coefficient (Wildman–Crippen LogP) is 2.54. The van der Waals surface area contributed by atoms with E-state index in [4.69, 9.17) is 4.74 Å². The molecule has 0 aliphatic carbocycles. The number of ether oxygens (including phenoxy) is 1. The number of unbranched alkanes of at least 4 members (excludes halogenated alkanes) is 2. The number of halogens is 1. The number of alkyl halides is 1. The highest BCUT2D eigenvalue weighted by Crippen LogP contribution is 1.97. The molecule has 0 saturated carbocycles. The van der Waals surface area contributed by atoms with Crippen molar-refractivity contribution in [2.75, 3.05) is 11.0 Å². The maximum atomic E-state index is 10.8.